The quantitative estimate of drug-likeness (QED) is 0.723. The molecular formula is C18H32N4O. The van der Waals surface area contributed by atoms with Gasteiger partial charge < -0.3 is 10.4 Å². The number of aryl methyl sites for hydroxylation is 1. The van der Waals surface area contributed by atoms with Crippen molar-refractivity contribution in [2.75, 3.05) is 6.54 Å². The zero-order valence-electron chi connectivity index (χ0n) is 14.3. The fourth-order valence-corrected chi connectivity index (χ4v) is 4.56. The molecule has 1 unspecified atom stereocenters. The van der Waals surface area contributed by atoms with Gasteiger partial charge in [0.25, 0.3) is 0 Å². The van der Waals surface area contributed by atoms with E-state index < -0.39 is 0 Å². The lowest BCUT2D eigenvalue weighted by molar-refractivity contribution is 0.206. The van der Waals surface area contributed by atoms with Crippen LogP contribution in [0.4, 0.5) is 0 Å². The van der Waals surface area contributed by atoms with E-state index in [0.29, 0.717) is 5.69 Å². The Bertz CT molecular complexity index is 450. The van der Waals surface area contributed by atoms with Gasteiger partial charge in [-0.15, -0.1) is 5.10 Å². The third-order valence-corrected chi connectivity index (χ3v) is 5.76. The van der Waals surface area contributed by atoms with Gasteiger partial charge in [-0.25, -0.2) is 0 Å². The van der Waals surface area contributed by atoms with E-state index in [1.807, 2.05) is 10.9 Å². The van der Waals surface area contributed by atoms with Gasteiger partial charge in [-0.05, 0) is 50.5 Å². The maximum absolute atomic E-state index is 9.03. The van der Waals surface area contributed by atoms with Crippen molar-refractivity contribution in [2.24, 2.45) is 11.8 Å². The first-order valence-electron chi connectivity index (χ1n) is 9.60. The number of aromatic nitrogens is 3. The molecule has 0 amide bonds. The predicted molar refractivity (Wildman–Crippen MR) is 90.9 cm³/mol. The first-order chi connectivity index (χ1) is 11.4. The van der Waals surface area contributed by atoms with Crippen LogP contribution >= 0.6 is 0 Å². The van der Waals surface area contributed by atoms with E-state index in [-0.39, 0.29) is 6.61 Å². The van der Waals surface area contributed by atoms with Gasteiger partial charge in [0.05, 0.1) is 12.8 Å². The molecule has 23 heavy (non-hydrogen) atoms. The molecule has 130 valence electrons. The maximum atomic E-state index is 9.03. The van der Waals surface area contributed by atoms with E-state index in [1.165, 1.54) is 57.8 Å². The molecule has 2 aliphatic carbocycles. The predicted octanol–water partition coefficient (Wildman–Crippen LogP) is 2.89. The van der Waals surface area contributed by atoms with Gasteiger partial charge in [0, 0.05) is 12.6 Å². The molecule has 2 fully saturated rings. The van der Waals surface area contributed by atoms with Crippen LogP contribution in [-0.4, -0.2) is 32.7 Å². The molecule has 1 atom stereocenters. The average Bonchev–Trinajstić information content (AvgIpc) is 3.27. The lowest BCUT2D eigenvalue weighted by atomic mass is 9.78. The smallest absolute Gasteiger partial charge is 0.108 e. The second-order valence-electron chi connectivity index (χ2n) is 7.41. The number of rotatable bonds is 8. The summed E-state index contributed by atoms with van der Waals surface area (Å²) in [5.41, 5.74) is 0.656. The van der Waals surface area contributed by atoms with E-state index in [9.17, 15) is 0 Å². The van der Waals surface area contributed by atoms with Crippen molar-refractivity contribution >= 4 is 0 Å². The van der Waals surface area contributed by atoms with Gasteiger partial charge in [0.15, 0.2) is 0 Å². The topological polar surface area (TPSA) is 63.0 Å². The first kappa shape index (κ1) is 16.9. The maximum Gasteiger partial charge on any atom is 0.108 e. The van der Waals surface area contributed by atoms with E-state index >= 15 is 0 Å². The minimum Gasteiger partial charge on any atom is -0.390 e. The van der Waals surface area contributed by atoms with Crippen LogP contribution in [0.15, 0.2) is 6.20 Å². The van der Waals surface area contributed by atoms with Crippen LogP contribution in [0.25, 0.3) is 0 Å². The van der Waals surface area contributed by atoms with Crippen molar-refractivity contribution in [1.82, 2.24) is 20.3 Å². The number of aliphatic hydroxyl groups excluding tert-OH is 1. The molecule has 2 saturated carbocycles. The first-order valence-corrected chi connectivity index (χ1v) is 9.60. The SMILES string of the molecule is OCc1cn(CCCNC(C2CCCCC2)C2CCCC2)nn1. The molecule has 1 heterocycles. The second-order valence-corrected chi connectivity index (χ2v) is 7.41. The Balaban J connectivity index is 1.45. The van der Waals surface area contributed by atoms with Crippen molar-refractivity contribution in [3.8, 4) is 0 Å². The standard InChI is InChI=1S/C18H32N4O/c23-14-17-13-22(21-20-17)12-6-11-19-18(16-9-4-5-10-16)15-7-2-1-3-8-15/h13,15-16,18-19,23H,1-12,14H2. The number of nitrogens with zero attached hydrogens (tertiary/aromatic N) is 3. The molecule has 1 aromatic heterocycles. The van der Waals surface area contributed by atoms with Gasteiger partial charge in [0.2, 0.25) is 0 Å². The number of nitrogens with one attached hydrogen (secondary N) is 1. The summed E-state index contributed by atoms with van der Waals surface area (Å²) < 4.78 is 1.85. The molecule has 5 heteroatoms. The van der Waals surface area contributed by atoms with Crippen LogP contribution < -0.4 is 5.32 Å². The number of aliphatic hydroxyl groups is 1. The highest BCUT2D eigenvalue weighted by Gasteiger charge is 2.31. The normalized spacial score (nSPS) is 21.8. The molecule has 0 spiro atoms. The van der Waals surface area contributed by atoms with E-state index in [0.717, 1.165) is 37.4 Å². The molecule has 3 rings (SSSR count). The minimum absolute atomic E-state index is 0.0241. The van der Waals surface area contributed by atoms with E-state index in [2.05, 4.69) is 15.6 Å². The van der Waals surface area contributed by atoms with Crippen molar-refractivity contribution in [1.29, 1.82) is 0 Å². The van der Waals surface area contributed by atoms with Crippen molar-refractivity contribution in [3.63, 3.8) is 0 Å². The highest BCUT2D eigenvalue weighted by atomic mass is 16.3. The Morgan fingerprint density at radius 3 is 2.35 bits per heavy atom. The summed E-state index contributed by atoms with van der Waals surface area (Å²) in [5, 5.41) is 20.9. The Morgan fingerprint density at radius 1 is 1.09 bits per heavy atom. The van der Waals surface area contributed by atoms with Gasteiger partial charge >= 0.3 is 0 Å². The van der Waals surface area contributed by atoms with E-state index in [4.69, 9.17) is 5.11 Å². The summed E-state index contributed by atoms with van der Waals surface area (Å²) in [6.07, 6.45) is 15.8. The summed E-state index contributed by atoms with van der Waals surface area (Å²) in [6, 6.07) is 0.738. The fourth-order valence-electron chi connectivity index (χ4n) is 4.56. The number of hydrogen-bond donors (Lipinski definition) is 2. The number of hydrogen-bond acceptors (Lipinski definition) is 4. The Labute approximate surface area is 139 Å². The molecule has 1 aromatic rings. The third-order valence-electron chi connectivity index (χ3n) is 5.76. The lowest BCUT2D eigenvalue weighted by Crippen LogP contribution is -2.43. The largest absolute Gasteiger partial charge is 0.390 e. The van der Waals surface area contributed by atoms with Crippen LogP contribution in [0.2, 0.25) is 0 Å². The Hall–Kier alpha value is -0.940. The third kappa shape index (κ3) is 4.77. The lowest BCUT2D eigenvalue weighted by Gasteiger charge is -2.35. The highest BCUT2D eigenvalue weighted by Crippen LogP contribution is 2.36. The van der Waals surface area contributed by atoms with Gasteiger partial charge in [-0.3, -0.25) is 4.68 Å². The van der Waals surface area contributed by atoms with Gasteiger partial charge in [-0.1, -0.05) is 37.3 Å². The van der Waals surface area contributed by atoms with Crippen LogP contribution in [0, 0.1) is 11.8 Å². The van der Waals surface area contributed by atoms with Crippen LogP contribution in [0.5, 0.6) is 0 Å². The molecule has 0 bridgehead atoms. The summed E-state index contributed by atoms with van der Waals surface area (Å²) in [4.78, 5) is 0. The molecule has 0 saturated heterocycles. The highest BCUT2D eigenvalue weighted by molar-refractivity contribution is 4.89. The Kier molecular flexibility index (Phi) is 6.46. The summed E-state index contributed by atoms with van der Waals surface area (Å²) in [5.74, 6) is 1.81. The second kappa shape index (κ2) is 8.78. The van der Waals surface area contributed by atoms with Crippen molar-refractivity contribution < 1.29 is 5.11 Å². The molecule has 0 radical (unpaired) electrons. The van der Waals surface area contributed by atoms with Crippen LogP contribution in [-0.2, 0) is 13.2 Å². The van der Waals surface area contributed by atoms with Crippen molar-refractivity contribution in [2.45, 2.75) is 83.4 Å². The summed E-state index contributed by atoms with van der Waals surface area (Å²) >= 11 is 0. The van der Waals surface area contributed by atoms with E-state index in [1.54, 1.807) is 0 Å². The fraction of sp³-hybridized carbons (Fsp3) is 0.889. The van der Waals surface area contributed by atoms with Crippen LogP contribution in [0.1, 0.15) is 69.9 Å². The Morgan fingerprint density at radius 2 is 1.74 bits per heavy atom. The average molecular weight is 320 g/mol. The summed E-state index contributed by atoms with van der Waals surface area (Å²) in [7, 11) is 0. The molecular weight excluding hydrogens is 288 g/mol. The molecule has 5 nitrogen and oxygen atoms in total. The molecule has 0 aliphatic heterocycles. The van der Waals surface area contributed by atoms with Crippen molar-refractivity contribution in [3.05, 3.63) is 11.9 Å². The minimum atomic E-state index is -0.0241. The van der Waals surface area contributed by atoms with Gasteiger partial charge in [-0.2, -0.15) is 0 Å². The molecule has 2 N–H and O–H groups in total. The molecule has 2 aliphatic rings. The zero-order valence-corrected chi connectivity index (χ0v) is 14.3. The van der Waals surface area contributed by atoms with Crippen LogP contribution in [0.3, 0.4) is 0 Å². The summed E-state index contributed by atoms with van der Waals surface area (Å²) in [6.45, 7) is 1.91. The molecule has 0 aromatic carbocycles. The van der Waals surface area contributed by atoms with Gasteiger partial charge in [0.1, 0.15) is 5.69 Å². The zero-order chi connectivity index (χ0) is 15.9. The monoisotopic (exact) mass is 320 g/mol.